The minimum Gasteiger partial charge on any atom is -0.497 e. The fourth-order valence-electron chi connectivity index (χ4n) is 4.45. The first-order valence-corrected chi connectivity index (χ1v) is 12.6. The van der Waals surface area contributed by atoms with Gasteiger partial charge in [0.1, 0.15) is 11.6 Å². The van der Waals surface area contributed by atoms with Gasteiger partial charge in [-0.15, -0.1) is 0 Å². The Bertz CT molecular complexity index is 1370. The molecule has 6 heteroatoms. The van der Waals surface area contributed by atoms with E-state index in [0.29, 0.717) is 6.54 Å². The number of nitrogens with one attached hydrogen (secondary N) is 1. The summed E-state index contributed by atoms with van der Waals surface area (Å²) in [6.07, 6.45) is 0. The van der Waals surface area contributed by atoms with Crippen molar-refractivity contribution in [3.8, 4) is 5.75 Å². The van der Waals surface area contributed by atoms with Gasteiger partial charge in [-0.2, -0.15) is 0 Å². The summed E-state index contributed by atoms with van der Waals surface area (Å²) in [6, 6.07) is 33.9. The van der Waals surface area contributed by atoms with E-state index in [2.05, 4.69) is 44.3 Å². The van der Waals surface area contributed by atoms with Gasteiger partial charge < -0.3 is 15.0 Å². The summed E-state index contributed by atoms with van der Waals surface area (Å²) in [7, 11) is 1.65. The van der Waals surface area contributed by atoms with E-state index in [0.717, 1.165) is 44.0 Å². The molecule has 1 aliphatic rings. The molecular weight excluding hydrogens is 514 g/mol. The number of aliphatic imine (C=N–C) groups is 1. The summed E-state index contributed by atoms with van der Waals surface area (Å²) in [5, 5.41) is 3.08. The van der Waals surface area contributed by atoms with Crippen LogP contribution in [0.2, 0.25) is 0 Å². The van der Waals surface area contributed by atoms with E-state index < -0.39 is 0 Å². The number of rotatable bonds is 7. The van der Waals surface area contributed by atoms with Crippen molar-refractivity contribution in [3.05, 3.63) is 130 Å². The van der Waals surface area contributed by atoms with E-state index in [4.69, 9.17) is 9.73 Å². The quantitative estimate of drug-likeness (QED) is 0.301. The van der Waals surface area contributed by atoms with Gasteiger partial charge >= 0.3 is 0 Å². The Balaban J connectivity index is 1.56. The third-order valence-corrected chi connectivity index (χ3v) is 6.70. The average molecular weight is 540 g/mol. The summed E-state index contributed by atoms with van der Waals surface area (Å²) in [5.41, 5.74) is 5.00. The van der Waals surface area contributed by atoms with Gasteiger partial charge in [-0.3, -0.25) is 4.79 Å². The molecule has 0 aliphatic carbocycles. The fraction of sp³-hybridized carbons (Fsp3) is 0.133. The number of hydrogen-bond donors (Lipinski definition) is 1. The van der Waals surface area contributed by atoms with Gasteiger partial charge in [0.2, 0.25) is 5.91 Å². The molecule has 0 fully saturated rings. The summed E-state index contributed by atoms with van der Waals surface area (Å²) < 4.78 is 6.33. The summed E-state index contributed by atoms with van der Waals surface area (Å²) in [5.74, 6) is 1.45. The normalized spacial score (nSPS) is 14.6. The topological polar surface area (TPSA) is 53.9 Å². The SMILES string of the molecule is COc1ccc(C2=Nc3ccc(Br)cc3C(c3ccccc3)N2CC(=O)NCc2ccccc2)cc1. The first kappa shape index (κ1) is 23.8. The monoisotopic (exact) mass is 539 g/mol. The molecule has 180 valence electrons. The molecule has 1 amide bonds. The van der Waals surface area contributed by atoms with Crippen molar-refractivity contribution < 1.29 is 9.53 Å². The van der Waals surface area contributed by atoms with Crippen LogP contribution in [0, 0.1) is 0 Å². The van der Waals surface area contributed by atoms with Crippen molar-refractivity contribution in [2.24, 2.45) is 4.99 Å². The van der Waals surface area contributed by atoms with E-state index in [1.807, 2.05) is 84.9 Å². The van der Waals surface area contributed by atoms with Crippen LogP contribution in [0.15, 0.2) is 113 Å². The molecular formula is C30H26BrN3O2. The Kier molecular flexibility index (Phi) is 7.14. The van der Waals surface area contributed by atoms with Crippen LogP contribution in [0.1, 0.15) is 28.3 Å². The second kappa shape index (κ2) is 10.8. The molecule has 0 bridgehead atoms. The number of amidine groups is 1. The zero-order valence-corrected chi connectivity index (χ0v) is 21.5. The lowest BCUT2D eigenvalue weighted by atomic mass is 9.93. The van der Waals surface area contributed by atoms with E-state index in [1.54, 1.807) is 7.11 Å². The second-order valence-electron chi connectivity index (χ2n) is 8.57. The number of methoxy groups -OCH3 is 1. The molecule has 1 unspecified atom stereocenters. The molecule has 4 aromatic rings. The van der Waals surface area contributed by atoms with Crippen LogP contribution in [0.25, 0.3) is 0 Å². The number of halogens is 1. The van der Waals surface area contributed by atoms with Gasteiger partial charge in [0.25, 0.3) is 0 Å². The predicted octanol–water partition coefficient (Wildman–Crippen LogP) is 6.26. The maximum absolute atomic E-state index is 13.3. The van der Waals surface area contributed by atoms with Crippen molar-refractivity contribution in [1.82, 2.24) is 10.2 Å². The van der Waals surface area contributed by atoms with Crippen LogP contribution in [-0.4, -0.2) is 30.3 Å². The van der Waals surface area contributed by atoms with Crippen LogP contribution in [0.3, 0.4) is 0 Å². The molecule has 5 rings (SSSR count). The molecule has 0 saturated carbocycles. The number of amides is 1. The summed E-state index contributed by atoms with van der Waals surface area (Å²) in [6.45, 7) is 0.629. The zero-order valence-electron chi connectivity index (χ0n) is 19.9. The smallest absolute Gasteiger partial charge is 0.239 e. The molecule has 1 aliphatic heterocycles. The second-order valence-corrected chi connectivity index (χ2v) is 9.49. The van der Waals surface area contributed by atoms with Crippen LogP contribution >= 0.6 is 15.9 Å². The van der Waals surface area contributed by atoms with Gasteiger partial charge in [0, 0.05) is 22.1 Å². The first-order valence-electron chi connectivity index (χ1n) is 11.8. The van der Waals surface area contributed by atoms with Crippen LogP contribution in [-0.2, 0) is 11.3 Å². The van der Waals surface area contributed by atoms with Gasteiger partial charge in [0.15, 0.2) is 0 Å². The van der Waals surface area contributed by atoms with Gasteiger partial charge in [-0.05, 0) is 53.6 Å². The van der Waals surface area contributed by atoms with E-state index >= 15 is 0 Å². The highest BCUT2D eigenvalue weighted by atomic mass is 79.9. The average Bonchev–Trinajstić information content (AvgIpc) is 2.92. The van der Waals surface area contributed by atoms with E-state index in [1.165, 1.54) is 0 Å². The molecule has 0 saturated heterocycles. The molecule has 36 heavy (non-hydrogen) atoms. The van der Waals surface area contributed by atoms with Crippen molar-refractivity contribution in [2.75, 3.05) is 13.7 Å². The molecule has 1 heterocycles. The van der Waals surface area contributed by atoms with Crippen molar-refractivity contribution >= 4 is 33.4 Å². The number of hydrogen-bond acceptors (Lipinski definition) is 4. The van der Waals surface area contributed by atoms with Gasteiger partial charge in [-0.1, -0.05) is 76.6 Å². The van der Waals surface area contributed by atoms with Gasteiger partial charge in [0.05, 0.1) is 25.4 Å². The molecule has 0 radical (unpaired) electrons. The first-order chi connectivity index (χ1) is 17.6. The highest BCUT2D eigenvalue weighted by molar-refractivity contribution is 9.10. The number of ether oxygens (including phenoxy) is 1. The Morgan fingerprint density at radius 2 is 1.64 bits per heavy atom. The van der Waals surface area contributed by atoms with Crippen LogP contribution in [0.4, 0.5) is 5.69 Å². The summed E-state index contributed by atoms with van der Waals surface area (Å²) in [4.78, 5) is 20.4. The van der Waals surface area contributed by atoms with Crippen LogP contribution in [0.5, 0.6) is 5.75 Å². The third kappa shape index (κ3) is 5.19. The van der Waals surface area contributed by atoms with Gasteiger partial charge in [-0.25, -0.2) is 4.99 Å². The molecule has 5 nitrogen and oxygen atoms in total. The molecule has 0 spiro atoms. The Morgan fingerprint density at radius 3 is 2.33 bits per heavy atom. The number of benzene rings is 4. The maximum Gasteiger partial charge on any atom is 0.239 e. The molecule has 4 aromatic carbocycles. The molecule has 1 atom stereocenters. The minimum atomic E-state index is -0.184. The standard InChI is InChI=1S/C30H26BrN3O2/c1-36-25-15-12-23(13-16-25)30-33-27-17-14-24(31)18-26(27)29(22-10-6-3-7-11-22)34(30)20-28(35)32-19-21-8-4-2-5-9-21/h2-18,29H,19-20H2,1H3,(H,32,35). The number of fused-ring (bicyclic) bond motifs is 1. The minimum absolute atomic E-state index is 0.0700. The molecule has 1 N–H and O–H groups in total. The molecule has 0 aromatic heterocycles. The third-order valence-electron chi connectivity index (χ3n) is 6.20. The number of nitrogens with zero attached hydrogens (tertiary/aromatic N) is 2. The number of carbonyl (C=O) groups excluding carboxylic acids is 1. The van der Waals surface area contributed by atoms with Crippen molar-refractivity contribution in [3.63, 3.8) is 0 Å². The lowest BCUT2D eigenvalue weighted by Gasteiger charge is -2.38. The van der Waals surface area contributed by atoms with Crippen molar-refractivity contribution in [2.45, 2.75) is 12.6 Å². The largest absolute Gasteiger partial charge is 0.497 e. The highest BCUT2D eigenvalue weighted by Crippen LogP contribution is 2.41. The van der Waals surface area contributed by atoms with E-state index in [9.17, 15) is 4.79 Å². The Morgan fingerprint density at radius 1 is 0.944 bits per heavy atom. The number of carbonyl (C=O) groups is 1. The lowest BCUT2D eigenvalue weighted by Crippen LogP contribution is -2.44. The Labute approximate surface area is 219 Å². The lowest BCUT2D eigenvalue weighted by molar-refractivity contribution is -0.121. The Hall–Kier alpha value is -3.90. The zero-order chi connectivity index (χ0) is 24.9. The highest BCUT2D eigenvalue weighted by Gasteiger charge is 2.33. The van der Waals surface area contributed by atoms with E-state index in [-0.39, 0.29) is 18.5 Å². The van der Waals surface area contributed by atoms with Crippen LogP contribution < -0.4 is 10.1 Å². The summed E-state index contributed by atoms with van der Waals surface area (Å²) >= 11 is 3.63. The predicted molar refractivity (Wildman–Crippen MR) is 147 cm³/mol. The fourth-order valence-corrected chi connectivity index (χ4v) is 4.83. The maximum atomic E-state index is 13.3. The van der Waals surface area contributed by atoms with Crippen molar-refractivity contribution in [1.29, 1.82) is 0 Å².